The van der Waals surface area contributed by atoms with Gasteiger partial charge in [0.1, 0.15) is 0 Å². The number of hydrogen-bond acceptors (Lipinski definition) is 2. The minimum Gasteiger partial charge on any atom is -0.306 e. The summed E-state index contributed by atoms with van der Waals surface area (Å²) < 4.78 is 0. The fraction of sp³-hybridized carbons (Fsp3) is 0.211. The van der Waals surface area contributed by atoms with Crippen LogP contribution >= 0.6 is 0 Å². The normalized spacial score (nSPS) is 12.5. The summed E-state index contributed by atoms with van der Waals surface area (Å²) in [5.74, 6) is 0. The Morgan fingerprint density at radius 2 is 1.86 bits per heavy atom. The van der Waals surface area contributed by atoms with E-state index < -0.39 is 0 Å². The van der Waals surface area contributed by atoms with Crippen molar-refractivity contribution in [2.75, 3.05) is 0 Å². The number of rotatable bonds is 4. The van der Waals surface area contributed by atoms with Crippen LogP contribution in [0.15, 0.2) is 60.9 Å². The van der Waals surface area contributed by atoms with E-state index in [-0.39, 0.29) is 0 Å². The van der Waals surface area contributed by atoms with Gasteiger partial charge in [-0.25, -0.2) is 0 Å². The molecule has 106 valence electrons. The second-order valence-corrected chi connectivity index (χ2v) is 5.47. The first-order valence-electron chi connectivity index (χ1n) is 7.36. The van der Waals surface area contributed by atoms with Crippen LogP contribution in [0.4, 0.5) is 0 Å². The Morgan fingerprint density at radius 3 is 2.71 bits per heavy atom. The lowest BCUT2D eigenvalue weighted by atomic mass is 9.99. The molecule has 3 aromatic rings. The lowest BCUT2D eigenvalue weighted by Gasteiger charge is -2.17. The zero-order chi connectivity index (χ0) is 14.7. The summed E-state index contributed by atoms with van der Waals surface area (Å²) in [5, 5.41) is 6.22. The van der Waals surface area contributed by atoms with E-state index in [1.54, 1.807) is 0 Å². The molecule has 21 heavy (non-hydrogen) atoms. The highest BCUT2D eigenvalue weighted by atomic mass is 14.9. The lowest BCUT2D eigenvalue weighted by Crippen LogP contribution is -2.19. The van der Waals surface area contributed by atoms with Gasteiger partial charge in [-0.2, -0.15) is 0 Å². The zero-order valence-corrected chi connectivity index (χ0v) is 12.5. The van der Waals surface area contributed by atoms with Gasteiger partial charge in [0.15, 0.2) is 0 Å². The van der Waals surface area contributed by atoms with Crippen molar-refractivity contribution in [2.24, 2.45) is 0 Å². The maximum absolute atomic E-state index is 4.21. The van der Waals surface area contributed by atoms with Crippen molar-refractivity contribution < 1.29 is 0 Å². The predicted molar refractivity (Wildman–Crippen MR) is 88.2 cm³/mol. The van der Waals surface area contributed by atoms with Crippen LogP contribution < -0.4 is 5.32 Å². The van der Waals surface area contributed by atoms with Crippen LogP contribution in [0.3, 0.4) is 0 Å². The molecule has 0 saturated heterocycles. The topological polar surface area (TPSA) is 24.9 Å². The van der Waals surface area contributed by atoms with Crippen molar-refractivity contribution >= 4 is 10.8 Å². The molecule has 0 aliphatic heterocycles. The molecular formula is C19H20N2. The summed E-state index contributed by atoms with van der Waals surface area (Å²) in [6.45, 7) is 5.18. The third-order valence-corrected chi connectivity index (χ3v) is 4.04. The van der Waals surface area contributed by atoms with Gasteiger partial charge in [-0.15, -0.1) is 0 Å². The summed E-state index contributed by atoms with van der Waals surface area (Å²) in [6, 6.07) is 17.4. The van der Waals surface area contributed by atoms with Gasteiger partial charge in [0, 0.05) is 25.0 Å². The summed E-state index contributed by atoms with van der Waals surface area (Å²) in [6.07, 6.45) is 3.78. The zero-order valence-electron chi connectivity index (χ0n) is 12.5. The monoisotopic (exact) mass is 276 g/mol. The maximum atomic E-state index is 4.21. The van der Waals surface area contributed by atoms with Crippen molar-refractivity contribution in [3.05, 3.63) is 77.6 Å². The van der Waals surface area contributed by atoms with Crippen LogP contribution in [-0.4, -0.2) is 4.98 Å². The van der Waals surface area contributed by atoms with Crippen molar-refractivity contribution in [2.45, 2.75) is 26.4 Å². The van der Waals surface area contributed by atoms with E-state index >= 15 is 0 Å². The molecule has 0 fully saturated rings. The molecule has 1 unspecified atom stereocenters. The number of pyridine rings is 1. The summed E-state index contributed by atoms with van der Waals surface area (Å²) >= 11 is 0. The van der Waals surface area contributed by atoms with Gasteiger partial charge in [0.25, 0.3) is 0 Å². The number of benzene rings is 2. The lowest BCUT2D eigenvalue weighted by molar-refractivity contribution is 0.576. The number of nitrogens with zero attached hydrogens (tertiary/aromatic N) is 1. The van der Waals surface area contributed by atoms with E-state index in [9.17, 15) is 0 Å². The molecule has 2 aromatic carbocycles. The Morgan fingerprint density at radius 1 is 1.05 bits per heavy atom. The standard InChI is InChI=1S/C19H20N2/c1-14-10-11-20-12-17(14)13-21-15(2)18-9-5-7-16-6-3-4-8-19(16)18/h3-12,15,21H,13H2,1-2H3. The second-order valence-electron chi connectivity index (χ2n) is 5.47. The third kappa shape index (κ3) is 2.96. The van der Waals surface area contributed by atoms with Gasteiger partial charge in [-0.1, -0.05) is 42.5 Å². The van der Waals surface area contributed by atoms with Crippen LogP contribution in [0.2, 0.25) is 0 Å². The van der Waals surface area contributed by atoms with Gasteiger partial charge in [0.05, 0.1) is 0 Å². The van der Waals surface area contributed by atoms with E-state index in [1.807, 2.05) is 12.4 Å². The molecule has 0 amide bonds. The highest BCUT2D eigenvalue weighted by Gasteiger charge is 2.09. The molecular weight excluding hydrogens is 256 g/mol. The molecule has 1 aromatic heterocycles. The molecule has 0 saturated carbocycles. The first kappa shape index (κ1) is 13.8. The van der Waals surface area contributed by atoms with Crippen LogP contribution in [0.1, 0.15) is 29.7 Å². The molecule has 0 bridgehead atoms. The molecule has 0 radical (unpaired) electrons. The first-order valence-corrected chi connectivity index (χ1v) is 7.36. The van der Waals surface area contributed by atoms with Gasteiger partial charge >= 0.3 is 0 Å². The van der Waals surface area contributed by atoms with Crippen molar-refractivity contribution in [1.82, 2.24) is 10.3 Å². The minimum absolute atomic E-state index is 0.302. The van der Waals surface area contributed by atoms with E-state index in [2.05, 4.69) is 72.7 Å². The number of aryl methyl sites for hydroxylation is 1. The largest absolute Gasteiger partial charge is 0.306 e. The van der Waals surface area contributed by atoms with E-state index in [1.165, 1.54) is 27.5 Å². The molecule has 2 nitrogen and oxygen atoms in total. The van der Waals surface area contributed by atoms with E-state index in [4.69, 9.17) is 0 Å². The Labute approximate surface area is 125 Å². The second kappa shape index (κ2) is 6.06. The summed E-state index contributed by atoms with van der Waals surface area (Å²) in [4.78, 5) is 4.21. The Hall–Kier alpha value is -2.19. The first-order chi connectivity index (χ1) is 10.3. The number of nitrogens with one attached hydrogen (secondary N) is 1. The van der Waals surface area contributed by atoms with Crippen molar-refractivity contribution in [1.29, 1.82) is 0 Å². The quantitative estimate of drug-likeness (QED) is 0.764. The van der Waals surface area contributed by atoms with Gasteiger partial charge in [0.2, 0.25) is 0 Å². The number of aromatic nitrogens is 1. The molecule has 0 aliphatic rings. The van der Waals surface area contributed by atoms with Crippen LogP contribution in [0.5, 0.6) is 0 Å². The average molecular weight is 276 g/mol. The highest BCUT2D eigenvalue weighted by molar-refractivity contribution is 5.86. The van der Waals surface area contributed by atoms with Gasteiger partial charge < -0.3 is 5.32 Å². The molecule has 2 heteroatoms. The smallest absolute Gasteiger partial charge is 0.0315 e. The fourth-order valence-electron chi connectivity index (χ4n) is 2.68. The van der Waals surface area contributed by atoms with E-state index in [0.29, 0.717) is 6.04 Å². The van der Waals surface area contributed by atoms with Crippen molar-refractivity contribution in [3.63, 3.8) is 0 Å². The molecule has 1 atom stereocenters. The number of fused-ring (bicyclic) bond motifs is 1. The van der Waals surface area contributed by atoms with Crippen LogP contribution in [0.25, 0.3) is 10.8 Å². The van der Waals surface area contributed by atoms with E-state index in [0.717, 1.165) is 6.54 Å². The third-order valence-electron chi connectivity index (χ3n) is 4.04. The Kier molecular flexibility index (Phi) is 3.98. The van der Waals surface area contributed by atoms with Gasteiger partial charge in [-0.05, 0) is 47.4 Å². The SMILES string of the molecule is Cc1ccncc1CNC(C)c1cccc2ccccc12. The molecule has 3 rings (SSSR count). The predicted octanol–water partition coefficient (Wildman–Crippen LogP) is 4.39. The molecule has 1 heterocycles. The molecule has 0 spiro atoms. The summed E-state index contributed by atoms with van der Waals surface area (Å²) in [5.41, 5.74) is 3.88. The number of hydrogen-bond donors (Lipinski definition) is 1. The van der Waals surface area contributed by atoms with Gasteiger partial charge in [-0.3, -0.25) is 4.98 Å². The molecule has 0 aliphatic carbocycles. The molecule has 1 N–H and O–H groups in total. The maximum Gasteiger partial charge on any atom is 0.0315 e. The highest BCUT2D eigenvalue weighted by Crippen LogP contribution is 2.24. The Bertz CT molecular complexity index is 744. The summed E-state index contributed by atoms with van der Waals surface area (Å²) in [7, 11) is 0. The van der Waals surface area contributed by atoms with Crippen molar-refractivity contribution in [3.8, 4) is 0 Å². The minimum atomic E-state index is 0.302. The van der Waals surface area contributed by atoms with Crippen LogP contribution in [0, 0.1) is 6.92 Å². The average Bonchev–Trinajstić information content (AvgIpc) is 2.53. The Balaban J connectivity index is 1.81. The fourth-order valence-corrected chi connectivity index (χ4v) is 2.68. The van der Waals surface area contributed by atoms with Crippen LogP contribution in [-0.2, 0) is 6.54 Å².